The van der Waals surface area contributed by atoms with E-state index in [9.17, 15) is 4.79 Å². The van der Waals surface area contributed by atoms with Gasteiger partial charge in [-0.2, -0.15) is 0 Å². The van der Waals surface area contributed by atoms with E-state index in [1.807, 2.05) is 4.90 Å². The molecule has 0 aromatic heterocycles. The molecule has 116 valence electrons. The van der Waals surface area contributed by atoms with Gasteiger partial charge in [-0.15, -0.1) is 0 Å². The number of likely N-dealkylation sites (tertiary alicyclic amines) is 1. The largest absolute Gasteiger partial charge is 0.343 e. The molecule has 2 saturated heterocycles. The van der Waals surface area contributed by atoms with Crippen LogP contribution in [0.5, 0.6) is 0 Å². The van der Waals surface area contributed by atoms with Crippen LogP contribution >= 0.6 is 0 Å². The number of piperidine rings is 1. The van der Waals surface area contributed by atoms with E-state index >= 15 is 0 Å². The Morgan fingerprint density at radius 2 is 1.55 bits per heavy atom. The van der Waals surface area contributed by atoms with Gasteiger partial charge >= 0.3 is 0 Å². The molecule has 1 amide bonds. The van der Waals surface area contributed by atoms with Crippen molar-refractivity contribution >= 4 is 5.91 Å². The summed E-state index contributed by atoms with van der Waals surface area (Å²) in [4.78, 5) is 18.6. The number of carbonyl (C=O) groups is 1. The smallest absolute Gasteiger partial charge is 0.219 e. The van der Waals surface area contributed by atoms with Gasteiger partial charge in [0, 0.05) is 59.3 Å². The third-order valence-electron chi connectivity index (χ3n) is 4.66. The molecule has 2 rings (SSSR count). The summed E-state index contributed by atoms with van der Waals surface area (Å²) in [6.07, 6.45) is 2.37. The van der Waals surface area contributed by atoms with Crippen LogP contribution in [0.1, 0.15) is 33.6 Å². The SMILES string of the molecule is CC(=O)N1CCC(CN2CCN(CC(C)C)CC2)CC1. The van der Waals surface area contributed by atoms with Crippen molar-refractivity contribution < 1.29 is 4.79 Å². The zero-order chi connectivity index (χ0) is 14.5. The van der Waals surface area contributed by atoms with E-state index in [-0.39, 0.29) is 5.91 Å². The van der Waals surface area contributed by atoms with E-state index in [2.05, 4.69) is 23.6 Å². The molecule has 0 aromatic rings. The maximum Gasteiger partial charge on any atom is 0.219 e. The average molecular weight is 281 g/mol. The number of nitrogens with zero attached hydrogens (tertiary/aromatic N) is 3. The molecule has 0 aliphatic carbocycles. The molecule has 2 heterocycles. The Bertz CT molecular complexity index is 303. The van der Waals surface area contributed by atoms with Crippen LogP contribution in [0.15, 0.2) is 0 Å². The lowest BCUT2D eigenvalue weighted by molar-refractivity contribution is -0.130. The van der Waals surface area contributed by atoms with Gasteiger partial charge in [-0.1, -0.05) is 13.8 Å². The zero-order valence-electron chi connectivity index (χ0n) is 13.5. The Kier molecular flexibility index (Phi) is 5.85. The highest BCUT2D eigenvalue weighted by Crippen LogP contribution is 2.19. The van der Waals surface area contributed by atoms with Crippen LogP contribution in [-0.4, -0.2) is 73.0 Å². The number of hydrogen-bond acceptors (Lipinski definition) is 3. The van der Waals surface area contributed by atoms with Gasteiger partial charge in [-0.05, 0) is 24.7 Å². The summed E-state index contributed by atoms with van der Waals surface area (Å²) in [6, 6.07) is 0. The molecule has 2 fully saturated rings. The van der Waals surface area contributed by atoms with Crippen LogP contribution in [-0.2, 0) is 4.79 Å². The van der Waals surface area contributed by atoms with E-state index in [1.165, 1.54) is 52.1 Å². The topological polar surface area (TPSA) is 26.8 Å². The first-order valence-corrected chi connectivity index (χ1v) is 8.25. The summed E-state index contributed by atoms with van der Waals surface area (Å²) in [7, 11) is 0. The van der Waals surface area contributed by atoms with Crippen molar-refractivity contribution in [3.8, 4) is 0 Å². The van der Waals surface area contributed by atoms with Crippen molar-refractivity contribution in [2.24, 2.45) is 11.8 Å². The second kappa shape index (κ2) is 7.41. The number of piperazine rings is 1. The Hall–Kier alpha value is -0.610. The van der Waals surface area contributed by atoms with E-state index < -0.39 is 0 Å². The second-order valence-corrected chi connectivity index (χ2v) is 6.94. The van der Waals surface area contributed by atoms with Crippen LogP contribution in [0.25, 0.3) is 0 Å². The third kappa shape index (κ3) is 4.74. The third-order valence-corrected chi connectivity index (χ3v) is 4.66. The first kappa shape index (κ1) is 15.8. The predicted molar refractivity (Wildman–Crippen MR) is 82.7 cm³/mol. The van der Waals surface area contributed by atoms with Crippen molar-refractivity contribution in [1.29, 1.82) is 0 Å². The van der Waals surface area contributed by atoms with Crippen molar-refractivity contribution in [3.05, 3.63) is 0 Å². The Morgan fingerprint density at radius 3 is 2.05 bits per heavy atom. The standard InChI is InChI=1S/C16H31N3O/c1-14(2)12-17-8-10-18(11-9-17)13-16-4-6-19(7-5-16)15(3)20/h14,16H,4-13H2,1-3H3. The maximum atomic E-state index is 11.3. The Balaban J connectivity index is 1.65. The van der Waals surface area contributed by atoms with Crippen LogP contribution in [0.3, 0.4) is 0 Å². The molecular formula is C16H31N3O. The van der Waals surface area contributed by atoms with E-state index in [1.54, 1.807) is 6.92 Å². The molecule has 2 aliphatic rings. The molecule has 0 aromatic carbocycles. The lowest BCUT2D eigenvalue weighted by atomic mass is 9.96. The summed E-state index contributed by atoms with van der Waals surface area (Å²) < 4.78 is 0. The molecule has 0 saturated carbocycles. The lowest BCUT2D eigenvalue weighted by Crippen LogP contribution is -2.49. The van der Waals surface area contributed by atoms with Gasteiger partial charge in [0.15, 0.2) is 0 Å². The highest BCUT2D eigenvalue weighted by Gasteiger charge is 2.24. The normalized spacial score (nSPS) is 23.5. The van der Waals surface area contributed by atoms with Gasteiger partial charge in [0.2, 0.25) is 5.91 Å². The fraction of sp³-hybridized carbons (Fsp3) is 0.938. The first-order valence-electron chi connectivity index (χ1n) is 8.25. The number of carbonyl (C=O) groups excluding carboxylic acids is 1. The van der Waals surface area contributed by atoms with Crippen LogP contribution < -0.4 is 0 Å². The van der Waals surface area contributed by atoms with Gasteiger partial charge in [-0.25, -0.2) is 0 Å². The van der Waals surface area contributed by atoms with Gasteiger partial charge in [0.25, 0.3) is 0 Å². The summed E-state index contributed by atoms with van der Waals surface area (Å²) in [5.74, 6) is 1.81. The van der Waals surface area contributed by atoms with Crippen molar-refractivity contribution in [2.75, 3.05) is 52.4 Å². The minimum absolute atomic E-state index is 0.241. The van der Waals surface area contributed by atoms with Crippen LogP contribution in [0.4, 0.5) is 0 Å². The van der Waals surface area contributed by atoms with Gasteiger partial charge in [0.1, 0.15) is 0 Å². The minimum Gasteiger partial charge on any atom is -0.343 e. The summed E-state index contributed by atoms with van der Waals surface area (Å²) in [6.45, 7) is 15.6. The van der Waals surface area contributed by atoms with Crippen molar-refractivity contribution in [2.45, 2.75) is 33.6 Å². The number of hydrogen-bond donors (Lipinski definition) is 0. The van der Waals surface area contributed by atoms with Crippen molar-refractivity contribution in [3.63, 3.8) is 0 Å². The molecule has 0 atom stereocenters. The number of amides is 1. The summed E-state index contributed by atoms with van der Waals surface area (Å²) in [5, 5.41) is 0. The maximum absolute atomic E-state index is 11.3. The molecule has 4 nitrogen and oxygen atoms in total. The van der Waals surface area contributed by atoms with Gasteiger partial charge in [-0.3, -0.25) is 4.79 Å². The molecule has 0 unspecified atom stereocenters. The van der Waals surface area contributed by atoms with E-state index in [0.717, 1.165) is 24.9 Å². The van der Waals surface area contributed by atoms with E-state index in [4.69, 9.17) is 0 Å². The highest BCUT2D eigenvalue weighted by molar-refractivity contribution is 5.73. The average Bonchev–Trinajstić information content (AvgIpc) is 2.41. The first-order chi connectivity index (χ1) is 9.54. The van der Waals surface area contributed by atoms with Crippen molar-refractivity contribution in [1.82, 2.24) is 14.7 Å². The van der Waals surface area contributed by atoms with Crippen LogP contribution in [0.2, 0.25) is 0 Å². The second-order valence-electron chi connectivity index (χ2n) is 6.94. The lowest BCUT2D eigenvalue weighted by Gasteiger charge is -2.39. The van der Waals surface area contributed by atoms with Gasteiger partial charge < -0.3 is 14.7 Å². The highest BCUT2D eigenvalue weighted by atomic mass is 16.2. The van der Waals surface area contributed by atoms with E-state index in [0.29, 0.717) is 0 Å². The fourth-order valence-corrected chi connectivity index (χ4v) is 3.47. The quantitative estimate of drug-likeness (QED) is 0.782. The number of rotatable bonds is 4. The molecule has 4 heteroatoms. The summed E-state index contributed by atoms with van der Waals surface area (Å²) >= 11 is 0. The fourth-order valence-electron chi connectivity index (χ4n) is 3.47. The Morgan fingerprint density at radius 1 is 1.00 bits per heavy atom. The molecule has 0 spiro atoms. The molecule has 0 bridgehead atoms. The molecule has 2 aliphatic heterocycles. The monoisotopic (exact) mass is 281 g/mol. The minimum atomic E-state index is 0.241. The zero-order valence-corrected chi connectivity index (χ0v) is 13.5. The van der Waals surface area contributed by atoms with Gasteiger partial charge in [0.05, 0.1) is 0 Å². The molecule has 20 heavy (non-hydrogen) atoms. The molecule has 0 radical (unpaired) electrons. The molecule has 0 N–H and O–H groups in total. The summed E-state index contributed by atoms with van der Waals surface area (Å²) in [5.41, 5.74) is 0. The van der Waals surface area contributed by atoms with Crippen LogP contribution in [0, 0.1) is 11.8 Å². The predicted octanol–water partition coefficient (Wildman–Crippen LogP) is 1.52. The molecular weight excluding hydrogens is 250 g/mol. The Labute approximate surface area is 124 Å².